The van der Waals surface area contributed by atoms with Gasteiger partial charge in [0.1, 0.15) is 5.82 Å². The molecule has 2 heterocycles. The molecule has 0 radical (unpaired) electrons. The Morgan fingerprint density at radius 3 is 2.66 bits per heavy atom. The molecule has 11 heteroatoms. The van der Waals surface area contributed by atoms with Crippen LogP contribution in [0.25, 0.3) is 11.1 Å². The number of carbonyl (C=O) groups is 1. The standard InChI is InChI=1S/C21H20ClFN4O3S2/c1-21(2,16-10-31-20(26-16)27-32(29,30)13-3-4-13)17-14(11-7-12(22)9-25-8-11)5-6-15(18(17)23)19(24)28/h5-10,13H,3-4H2,1-2H3,(H2,24,28)(H,26,27). The van der Waals surface area contributed by atoms with Crippen molar-refractivity contribution in [3.05, 3.63) is 63.6 Å². The van der Waals surface area contributed by atoms with Gasteiger partial charge < -0.3 is 5.73 Å². The second kappa shape index (κ2) is 8.09. The summed E-state index contributed by atoms with van der Waals surface area (Å²) < 4.78 is 42.7. The van der Waals surface area contributed by atoms with Crippen molar-refractivity contribution in [1.82, 2.24) is 9.97 Å². The minimum Gasteiger partial charge on any atom is -0.366 e. The van der Waals surface area contributed by atoms with E-state index in [9.17, 15) is 13.2 Å². The van der Waals surface area contributed by atoms with Gasteiger partial charge in [-0.2, -0.15) is 0 Å². The van der Waals surface area contributed by atoms with E-state index in [-0.39, 0.29) is 16.3 Å². The Balaban J connectivity index is 1.83. The van der Waals surface area contributed by atoms with E-state index in [1.165, 1.54) is 12.3 Å². The highest BCUT2D eigenvalue weighted by Gasteiger charge is 2.37. The highest BCUT2D eigenvalue weighted by Crippen LogP contribution is 2.42. The van der Waals surface area contributed by atoms with Crippen LogP contribution in [0.1, 0.15) is 48.3 Å². The first-order valence-corrected chi connectivity index (χ1v) is 12.5. The largest absolute Gasteiger partial charge is 0.366 e. The molecule has 1 aliphatic rings. The molecule has 7 nitrogen and oxygen atoms in total. The van der Waals surface area contributed by atoms with Crippen LogP contribution in [0, 0.1) is 5.82 Å². The first-order valence-electron chi connectivity index (χ1n) is 9.72. The van der Waals surface area contributed by atoms with E-state index in [1.54, 1.807) is 37.6 Å². The van der Waals surface area contributed by atoms with E-state index in [1.807, 2.05) is 0 Å². The van der Waals surface area contributed by atoms with Crippen LogP contribution < -0.4 is 10.5 Å². The summed E-state index contributed by atoms with van der Waals surface area (Å²) in [5, 5.41) is 1.85. The van der Waals surface area contributed by atoms with Gasteiger partial charge in [-0.25, -0.2) is 17.8 Å². The average Bonchev–Trinajstić information content (AvgIpc) is 3.48. The molecular weight excluding hydrogens is 475 g/mol. The molecule has 1 fully saturated rings. The number of primary amides is 1. The summed E-state index contributed by atoms with van der Waals surface area (Å²) in [6.07, 6.45) is 4.26. The van der Waals surface area contributed by atoms with Gasteiger partial charge in [-0.15, -0.1) is 11.3 Å². The fourth-order valence-corrected chi connectivity index (χ4v) is 6.15. The molecule has 3 N–H and O–H groups in total. The van der Waals surface area contributed by atoms with Crippen molar-refractivity contribution < 1.29 is 17.6 Å². The van der Waals surface area contributed by atoms with Crippen LogP contribution in [0.2, 0.25) is 5.02 Å². The Labute approximate surface area is 193 Å². The third-order valence-corrected chi connectivity index (χ3v) is 8.31. The summed E-state index contributed by atoms with van der Waals surface area (Å²) >= 11 is 7.20. The van der Waals surface area contributed by atoms with Crippen molar-refractivity contribution in [3.63, 3.8) is 0 Å². The number of carbonyl (C=O) groups excluding carboxylic acids is 1. The molecule has 3 aromatic rings. The highest BCUT2D eigenvalue weighted by atomic mass is 35.5. The summed E-state index contributed by atoms with van der Waals surface area (Å²) in [6.45, 7) is 3.48. The van der Waals surface area contributed by atoms with Gasteiger partial charge in [0.2, 0.25) is 10.0 Å². The van der Waals surface area contributed by atoms with Gasteiger partial charge in [0, 0.05) is 34.3 Å². The van der Waals surface area contributed by atoms with Crippen molar-refractivity contribution >= 4 is 44.0 Å². The number of hydrogen-bond donors (Lipinski definition) is 2. The lowest BCUT2D eigenvalue weighted by Crippen LogP contribution is -2.25. The van der Waals surface area contributed by atoms with Crippen LogP contribution in [0.4, 0.5) is 9.52 Å². The molecule has 0 bridgehead atoms. The second-order valence-corrected chi connectivity index (χ2v) is 11.4. The molecule has 0 saturated heterocycles. The number of pyridine rings is 1. The van der Waals surface area contributed by atoms with Crippen molar-refractivity contribution in [2.75, 3.05) is 4.72 Å². The molecule has 2 aromatic heterocycles. The van der Waals surface area contributed by atoms with Crippen molar-refractivity contribution in [1.29, 1.82) is 0 Å². The normalized spacial score (nSPS) is 14.4. The molecular formula is C21H20ClFN4O3S2. The van der Waals surface area contributed by atoms with E-state index in [2.05, 4.69) is 14.7 Å². The van der Waals surface area contributed by atoms with Crippen molar-refractivity contribution in [3.8, 4) is 11.1 Å². The van der Waals surface area contributed by atoms with Gasteiger partial charge in [0.05, 0.1) is 21.5 Å². The summed E-state index contributed by atoms with van der Waals surface area (Å²) in [4.78, 5) is 20.3. The first kappa shape index (κ1) is 22.6. The molecule has 4 rings (SSSR count). The van der Waals surface area contributed by atoms with Crippen LogP contribution in [0.3, 0.4) is 0 Å². The predicted molar refractivity (Wildman–Crippen MR) is 123 cm³/mol. The number of aromatic nitrogens is 2. The number of sulfonamides is 1. The Morgan fingerprint density at radius 1 is 1.31 bits per heavy atom. The number of halogens is 2. The zero-order chi connectivity index (χ0) is 23.3. The lowest BCUT2D eigenvalue weighted by molar-refractivity contribution is 0.0996. The van der Waals surface area contributed by atoms with Crippen molar-refractivity contribution in [2.45, 2.75) is 37.4 Å². The third-order valence-electron chi connectivity index (χ3n) is 5.39. The monoisotopic (exact) mass is 494 g/mol. The number of hydrogen-bond acceptors (Lipinski definition) is 6. The predicted octanol–water partition coefficient (Wildman–Crippen LogP) is 4.33. The number of thiazole rings is 1. The average molecular weight is 495 g/mol. The SMILES string of the molecule is CC(C)(c1csc(NS(=O)(=O)C2CC2)n1)c1c(-c2cncc(Cl)c2)ccc(C(N)=O)c1F. The Hall–Kier alpha value is -2.56. The smallest absolute Gasteiger partial charge is 0.251 e. The van der Waals surface area contributed by atoms with Crippen LogP contribution in [-0.2, 0) is 15.4 Å². The first-order chi connectivity index (χ1) is 15.0. The molecule has 0 unspecified atom stereocenters. The number of anilines is 1. The second-order valence-electron chi connectivity index (χ2n) is 8.12. The number of nitrogens with two attached hydrogens (primary N) is 1. The molecule has 0 atom stereocenters. The zero-order valence-electron chi connectivity index (χ0n) is 17.2. The number of nitrogens with one attached hydrogen (secondary N) is 1. The number of benzene rings is 1. The van der Waals surface area contributed by atoms with E-state index < -0.39 is 32.4 Å². The van der Waals surface area contributed by atoms with E-state index in [0.29, 0.717) is 34.7 Å². The summed E-state index contributed by atoms with van der Waals surface area (Å²) in [5.74, 6) is -1.67. The van der Waals surface area contributed by atoms with Crippen LogP contribution >= 0.6 is 22.9 Å². The summed E-state index contributed by atoms with van der Waals surface area (Å²) in [5.41, 5.74) is 5.73. The maximum atomic E-state index is 15.7. The van der Waals surface area contributed by atoms with Gasteiger partial charge in [0.25, 0.3) is 5.91 Å². The third kappa shape index (κ3) is 4.22. The van der Waals surface area contributed by atoms with E-state index in [0.717, 1.165) is 11.3 Å². The molecule has 168 valence electrons. The molecule has 0 aliphatic heterocycles. The Morgan fingerprint density at radius 2 is 2.03 bits per heavy atom. The lowest BCUT2D eigenvalue weighted by atomic mass is 9.77. The van der Waals surface area contributed by atoms with Gasteiger partial charge in [0.15, 0.2) is 5.13 Å². The van der Waals surface area contributed by atoms with Gasteiger partial charge in [-0.05, 0) is 44.4 Å². The quantitative estimate of drug-likeness (QED) is 0.507. The fraction of sp³-hybridized carbons (Fsp3) is 0.286. The zero-order valence-corrected chi connectivity index (χ0v) is 19.6. The molecule has 1 amide bonds. The topological polar surface area (TPSA) is 115 Å². The van der Waals surface area contributed by atoms with Gasteiger partial charge in [-0.3, -0.25) is 14.5 Å². The summed E-state index contributed by atoms with van der Waals surface area (Å²) in [7, 11) is -3.48. The Bertz CT molecular complexity index is 1320. The molecule has 32 heavy (non-hydrogen) atoms. The number of nitrogens with zero attached hydrogens (tertiary/aromatic N) is 2. The highest BCUT2D eigenvalue weighted by molar-refractivity contribution is 7.93. The van der Waals surface area contributed by atoms with Crippen molar-refractivity contribution in [2.24, 2.45) is 5.73 Å². The lowest BCUT2D eigenvalue weighted by Gasteiger charge is -2.27. The molecule has 1 aromatic carbocycles. The minimum absolute atomic E-state index is 0.180. The van der Waals surface area contributed by atoms with Gasteiger partial charge in [-0.1, -0.05) is 17.7 Å². The number of rotatable bonds is 7. The minimum atomic E-state index is -3.48. The van der Waals surface area contributed by atoms with E-state index in [4.69, 9.17) is 17.3 Å². The van der Waals surface area contributed by atoms with Gasteiger partial charge >= 0.3 is 0 Å². The fourth-order valence-electron chi connectivity index (χ4n) is 3.50. The Kier molecular flexibility index (Phi) is 5.72. The van der Waals surface area contributed by atoms with Crippen LogP contribution in [0.15, 0.2) is 36.0 Å². The molecule has 1 saturated carbocycles. The van der Waals surface area contributed by atoms with Crippen LogP contribution in [-0.4, -0.2) is 29.5 Å². The molecule has 0 spiro atoms. The number of amides is 1. The molecule has 1 aliphatic carbocycles. The maximum Gasteiger partial charge on any atom is 0.251 e. The summed E-state index contributed by atoms with van der Waals surface area (Å²) in [6, 6.07) is 4.56. The van der Waals surface area contributed by atoms with E-state index >= 15 is 4.39 Å². The van der Waals surface area contributed by atoms with Crippen LogP contribution in [0.5, 0.6) is 0 Å². The maximum absolute atomic E-state index is 15.7.